The molecule has 94 valence electrons. The number of pyridine rings is 1. The van der Waals surface area contributed by atoms with Gasteiger partial charge in [-0.15, -0.1) is 0 Å². The monoisotopic (exact) mass is 236 g/mol. The molecular formula is C13H20N2O2. The summed E-state index contributed by atoms with van der Waals surface area (Å²) in [5.74, 6) is -0.185. The molecule has 0 aliphatic carbocycles. The Labute approximate surface area is 103 Å². The number of hydrogen-bond acceptors (Lipinski definition) is 4. The van der Waals surface area contributed by atoms with E-state index in [1.807, 2.05) is 39.2 Å². The Morgan fingerprint density at radius 2 is 2.24 bits per heavy atom. The van der Waals surface area contributed by atoms with Gasteiger partial charge in [-0.05, 0) is 32.5 Å². The van der Waals surface area contributed by atoms with Crippen LogP contribution in [0, 0.1) is 5.41 Å². The first-order valence-corrected chi connectivity index (χ1v) is 5.61. The lowest BCUT2D eigenvalue weighted by atomic mass is 9.93. The van der Waals surface area contributed by atoms with E-state index in [1.54, 1.807) is 6.20 Å². The Morgan fingerprint density at radius 1 is 1.53 bits per heavy atom. The number of aromatic nitrogens is 1. The van der Waals surface area contributed by atoms with Crippen molar-refractivity contribution in [3.05, 3.63) is 30.1 Å². The normalized spacial score (nSPS) is 11.6. The quantitative estimate of drug-likeness (QED) is 0.730. The molecule has 0 N–H and O–H groups in total. The van der Waals surface area contributed by atoms with E-state index in [0.29, 0.717) is 6.54 Å². The van der Waals surface area contributed by atoms with Crippen LogP contribution < -0.4 is 0 Å². The Hall–Kier alpha value is -1.42. The van der Waals surface area contributed by atoms with Gasteiger partial charge in [0.1, 0.15) is 0 Å². The molecule has 1 aromatic rings. The van der Waals surface area contributed by atoms with E-state index in [9.17, 15) is 4.79 Å². The van der Waals surface area contributed by atoms with Gasteiger partial charge >= 0.3 is 5.97 Å². The average molecular weight is 236 g/mol. The zero-order chi connectivity index (χ0) is 12.9. The van der Waals surface area contributed by atoms with Gasteiger partial charge in [-0.3, -0.25) is 9.78 Å². The Kier molecular flexibility index (Phi) is 4.63. The molecule has 0 aromatic carbocycles. The molecule has 4 heteroatoms. The van der Waals surface area contributed by atoms with Crippen molar-refractivity contribution in [1.82, 2.24) is 9.88 Å². The van der Waals surface area contributed by atoms with Gasteiger partial charge in [-0.25, -0.2) is 0 Å². The number of esters is 1. The molecule has 1 heterocycles. The molecule has 1 aromatic heterocycles. The molecule has 0 amide bonds. The van der Waals surface area contributed by atoms with E-state index < -0.39 is 5.41 Å². The third-order valence-electron chi connectivity index (χ3n) is 2.58. The highest BCUT2D eigenvalue weighted by molar-refractivity contribution is 5.76. The van der Waals surface area contributed by atoms with E-state index in [2.05, 4.69) is 9.88 Å². The lowest BCUT2D eigenvalue weighted by molar-refractivity contribution is -0.151. The summed E-state index contributed by atoms with van der Waals surface area (Å²) in [7, 11) is 3.41. The van der Waals surface area contributed by atoms with Crippen LogP contribution in [0.15, 0.2) is 24.5 Å². The Morgan fingerprint density at radius 3 is 2.76 bits per heavy atom. The van der Waals surface area contributed by atoms with Crippen LogP contribution in [0.5, 0.6) is 0 Å². The molecule has 1 rings (SSSR count). The van der Waals surface area contributed by atoms with Gasteiger partial charge in [0.2, 0.25) is 0 Å². The van der Waals surface area contributed by atoms with Gasteiger partial charge < -0.3 is 9.64 Å². The zero-order valence-electron chi connectivity index (χ0n) is 10.9. The fraction of sp³-hybridized carbons (Fsp3) is 0.538. The van der Waals surface area contributed by atoms with Crippen molar-refractivity contribution < 1.29 is 9.53 Å². The van der Waals surface area contributed by atoms with Crippen LogP contribution in [0.25, 0.3) is 0 Å². The Bertz CT molecular complexity index is 363. The smallest absolute Gasteiger partial charge is 0.312 e. The van der Waals surface area contributed by atoms with E-state index >= 15 is 0 Å². The standard InChI is InChI=1S/C13H20N2O2/c1-13(2,12(16)17-4)10-15(3)9-11-6-5-7-14-8-11/h5-8H,9-10H2,1-4H3. The second kappa shape index (κ2) is 5.77. The molecule has 0 saturated heterocycles. The highest BCUT2D eigenvalue weighted by Gasteiger charge is 2.29. The number of methoxy groups -OCH3 is 1. The predicted molar refractivity (Wildman–Crippen MR) is 66.4 cm³/mol. The summed E-state index contributed by atoms with van der Waals surface area (Å²) < 4.78 is 4.79. The van der Waals surface area contributed by atoms with Crippen molar-refractivity contribution in [2.45, 2.75) is 20.4 Å². The van der Waals surface area contributed by atoms with Crippen LogP contribution in [0.1, 0.15) is 19.4 Å². The molecule has 0 unspecified atom stereocenters. The number of rotatable bonds is 5. The highest BCUT2D eigenvalue weighted by Crippen LogP contribution is 2.19. The fourth-order valence-electron chi connectivity index (χ4n) is 1.87. The number of ether oxygens (including phenoxy) is 1. The van der Waals surface area contributed by atoms with Crippen LogP contribution in [-0.4, -0.2) is 36.6 Å². The summed E-state index contributed by atoms with van der Waals surface area (Å²) in [6.07, 6.45) is 3.59. The van der Waals surface area contributed by atoms with Crippen molar-refractivity contribution >= 4 is 5.97 Å². The summed E-state index contributed by atoms with van der Waals surface area (Å²) in [5, 5.41) is 0. The largest absolute Gasteiger partial charge is 0.469 e. The van der Waals surface area contributed by atoms with Gasteiger partial charge in [0.15, 0.2) is 0 Å². The zero-order valence-corrected chi connectivity index (χ0v) is 10.9. The first-order valence-electron chi connectivity index (χ1n) is 5.61. The minimum Gasteiger partial charge on any atom is -0.469 e. The van der Waals surface area contributed by atoms with Crippen LogP contribution in [0.2, 0.25) is 0 Å². The molecule has 0 bridgehead atoms. The molecule has 0 fully saturated rings. The summed E-state index contributed by atoms with van der Waals surface area (Å²) in [6.45, 7) is 5.19. The molecular weight excluding hydrogens is 216 g/mol. The van der Waals surface area contributed by atoms with E-state index in [-0.39, 0.29) is 5.97 Å². The molecule has 0 saturated carbocycles. The van der Waals surface area contributed by atoms with Crippen LogP contribution in [0.3, 0.4) is 0 Å². The molecule has 0 aliphatic rings. The third-order valence-corrected chi connectivity index (χ3v) is 2.58. The maximum Gasteiger partial charge on any atom is 0.312 e. The molecule has 0 spiro atoms. The maximum absolute atomic E-state index is 11.6. The van der Waals surface area contributed by atoms with Crippen molar-refractivity contribution in [2.24, 2.45) is 5.41 Å². The molecule has 17 heavy (non-hydrogen) atoms. The van der Waals surface area contributed by atoms with Gasteiger partial charge in [-0.2, -0.15) is 0 Å². The lowest BCUT2D eigenvalue weighted by Crippen LogP contribution is -2.37. The van der Waals surface area contributed by atoms with E-state index in [1.165, 1.54) is 7.11 Å². The minimum absolute atomic E-state index is 0.185. The summed E-state index contributed by atoms with van der Waals surface area (Å²) in [5.41, 5.74) is 0.641. The number of carbonyl (C=O) groups is 1. The number of nitrogens with zero attached hydrogens (tertiary/aromatic N) is 2. The van der Waals surface area contributed by atoms with Crippen molar-refractivity contribution in [2.75, 3.05) is 20.7 Å². The second-order valence-electron chi connectivity index (χ2n) is 4.91. The summed E-state index contributed by atoms with van der Waals surface area (Å²) in [6, 6.07) is 3.93. The van der Waals surface area contributed by atoms with Crippen LogP contribution >= 0.6 is 0 Å². The third kappa shape index (κ3) is 4.15. The van der Waals surface area contributed by atoms with Crippen LogP contribution in [-0.2, 0) is 16.1 Å². The van der Waals surface area contributed by atoms with E-state index in [4.69, 9.17) is 4.74 Å². The van der Waals surface area contributed by atoms with Gasteiger partial charge in [0.25, 0.3) is 0 Å². The second-order valence-corrected chi connectivity index (χ2v) is 4.91. The topological polar surface area (TPSA) is 42.4 Å². The minimum atomic E-state index is -0.494. The van der Waals surface area contributed by atoms with Gasteiger partial charge in [0, 0.05) is 25.5 Å². The van der Waals surface area contributed by atoms with Crippen molar-refractivity contribution in [3.8, 4) is 0 Å². The highest BCUT2D eigenvalue weighted by atomic mass is 16.5. The Balaban J connectivity index is 2.55. The molecule has 4 nitrogen and oxygen atoms in total. The molecule has 0 atom stereocenters. The number of carbonyl (C=O) groups excluding carboxylic acids is 1. The lowest BCUT2D eigenvalue weighted by Gasteiger charge is -2.27. The van der Waals surface area contributed by atoms with Gasteiger partial charge in [0.05, 0.1) is 12.5 Å². The van der Waals surface area contributed by atoms with Crippen molar-refractivity contribution in [3.63, 3.8) is 0 Å². The van der Waals surface area contributed by atoms with Crippen molar-refractivity contribution in [1.29, 1.82) is 0 Å². The average Bonchev–Trinajstić information content (AvgIpc) is 2.28. The van der Waals surface area contributed by atoms with Gasteiger partial charge in [-0.1, -0.05) is 6.07 Å². The number of hydrogen-bond donors (Lipinski definition) is 0. The fourth-order valence-corrected chi connectivity index (χ4v) is 1.87. The van der Waals surface area contributed by atoms with E-state index in [0.717, 1.165) is 12.1 Å². The van der Waals surface area contributed by atoms with Crippen LogP contribution in [0.4, 0.5) is 0 Å². The summed E-state index contributed by atoms with van der Waals surface area (Å²) >= 11 is 0. The molecule has 0 aliphatic heterocycles. The predicted octanol–water partition coefficient (Wildman–Crippen LogP) is 1.71. The molecule has 0 radical (unpaired) electrons. The first kappa shape index (κ1) is 13.6. The summed E-state index contributed by atoms with van der Waals surface area (Å²) in [4.78, 5) is 17.7. The SMILES string of the molecule is COC(=O)C(C)(C)CN(C)Cc1cccnc1. The first-order chi connectivity index (χ1) is 7.95. The maximum atomic E-state index is 11.6.